The van der Waals surface area contributed by atoms with Crippen LogP contribution >= 0.6 is 0 Å². The molecular weight excluding hydrogens is 368 g/mol. The molecule has 2 aromatic heterocycles. The van der Waals surface area contributed by atoms with Crippen molar-refractivity contribution in [2.75, 3.05) is 26.3 Å². The van der Waals surface area contributed by atoms with Gasteiger partial charge in [0.05, 0.1) is 0 Å². The number of para-hydroxylation sites is 1. The second-order valence-electron chi connectivity index (χ2n) is 8.50. The zero-order valence-electron chi connectivity index (χ0n) is 16.7. The molecule has 7 heteroatoms. The number of hydrogen-bond acceptors (Lipinski definition) is 5. The molecule has 2 aliphatic heterocycles. The summed E-state index contributed by atoms with van der Waals surface area (Å²) in [6.07, 6.45) is 3.70. The number of H-pyrrole nitrogens is 1. The Morgan fingerprint density at radius 2 is 2.10 bits per heavy atom. The minimum atomic E-state index is -0.299. The second-order valence-corrected chi connectivity index (χ2v) is 8.50. The largest absolute Gasteiger partial charge is 0.381 e. The van der Waals surface area contributed by atoms with Crippen molar-refractivity contribution >= 4 is 16.8 Å². The number of carbonyl (C=O) groups is 1. The number of fused-ring (bicyclic) bond motifs is 1. The molecule has 2 fully saturated rings. The lowest BCUT2D eigenvalue weighted by molar-refractivity contribution is 0.0637. The summed E-state index contributed by atoms with van der Waals surface area (Å²) >= 11 is 0. The Balaban J connectivity index is 1.35. The molecule has 1 N–H and O–H groups in total. The zero-order valence-corrected chi connectivity index (χ0v) is 16.7. The number of ether oxygens (including phenoxy) is 1. The Morgan fingerprint density at radius 3 is 2.93 bits per heavy atom. The molecule has 0 radical (unpaired) electrons. The Labute approximate surface area is 169 Å². The Morgan fingerprint density at radius 1 is 1.28 bits per heavy atom. The third kappa shape index (κ3) is 3.44. The van der Waals surface area contributed by atoms with E-state index in [0.29, 0.717) is 24.0 Å². The molecule has 2 aliphatic rings. The van der Waals surface area contributed by atoms with E-state index in [-0.39, 0.29) is 17.2 Å². The highest BCUT2D eigenvalue weighted by molar-refractivity contribution is 5.98. The molecule has 1 unspecified atom stereocenters. The van der Waals surface area contributed by atoms with Crippen molar-refractivity contribution in [3.8, 4) is 0 Å². The van der Waals surface area contributed by atoms with Crippen LogP contribution in [0.15, 0.2) is 34.9 Å². The zero-order chi connectivity index (χ0) is 19.8. The highest BCUT2D eigenvalue weighted by atomic mass is 16.5. The third-order valence-electron chi connectivity index (χ3n) is 6.30. The maximum atomic E-state index is 13.2. The van der Waals surface area contributed by atoms with E-state index < -0.39 is 0 Å². The molecule has 0 bridgehead atoms. The lowest BCUT2D eigenvalue weighted by Crippen LogP contribution is -2.47. The number of likely N-dealkylation sites (tertiary alicyclic amines) is 1. The average Bonchev–Trinajstić information content (AvgIpc) is 3.42. The first-order chi connectivity index (χ1) is 14.1. The van der Waals surface area contributed by atoms with Crippen LogP contribution in [0.25, 0.3) is 10.9 Å². The third-order valence-corrected chi connectivity index (χ3v) is 6.30. The first-order valence-corrected chi connectivity index (χ1v) is 10.4. The van der Waals surface area contributed by atoms with Gasteiger partial charge in [0.15, 0.2) is 5.82 Å². The summed E-state index contributed by atoms with van der Waals surface area (Å²) in [5, 5.41) is 5.37. The highest BCUT2D eigenvalue weighted by Gasteiger charge is 2.39. The Kier molecular flexibility index (Phi) is 4.62. The van der Waals surface area contributed by atoms with Crippen LogP contribution in [-0.4, -0.2) is 52.2 Å². The van der Waals surface area contributed by atoms with E-state index in [4.69, 9.17) is 14.2 Å². The van der Waals surface area contributed by atoms with Gasteiger partial charge in [0.2, 0.25) is 5.89 Å². The van der Waals surface area contributed by atoms with Crippen LogP contribution in [0, 0.1) is 0 Å². The number of nitrogens with one attached hydrogen (secondary N) is 1. The van der Waals surface area contributed by atoms with E-state index in [1.54, 1.807) is 0 Å². The van der Waals surface area contributed by atoms with E-state index in [1.807, 2.05) is 35.2 Å². The van der Waals surface area contributed by atoms with Gasteiger partial charge in [-0.2, -0.15) is 4.98 Å². The molecule has 7 nitrogen and oxygen atoms in total. The maximum Gasteiger partial charge on any atom is 0.270 e. The van der Waals surface area contributed by atoms with Crippen LogP contribution in [0.4, 0.5) is 0 Å². The van der Waals surface area contributed by atoms with Gasteiger partial charge in [-0.1, -0.05) is 30.3 Å². The minimum absolute atomic E-state index is 0.0280. The molecule has 3 aromatic rings. The summed E-state index contributed by atoms with van der Waals surface area (Å²) in [7, 11) is 0. The van der Waals surface area contributed by atoms with Gasteiger partial charge < -0.3 is 19.1 Å². The molecule has 4 heterocycles. The molecule has 1 atom stereocenters. The summed E-state index contributed by atoms with van der Waals surface area (Å²) in [5.74, 6) is 1.73. The van der Waals surface area contributed by atoms with Gasteiger partial charge in [0.25, 0.3) is 5.91 Å². The maximum absolute atomic E-state index is 13.2. The lowest BCUT2D eigenvalue weighted by Gasteiger charge is -2.38. The molecule has 2 saturated heterocycles. The van der Waals surface area contributed by atoms with Gasteiger partial charge in [-0.25, -0.2) is 0 Å². The summed E-state index contributed by atoms with van der Waals surface area (Å²) in [4.78, 5) is 23.1. The van der Waals surface area contributed by atoms with Crippen molar-refractivity contribution in [2.24, 2.45) is 0 Å². The number of aromatic nitrogens is 3. The van der Waals surface area contributed by atoms with Gasteiger partial charge in [-0.3, -0.25) is 4.79 Å². The average molecular weight is 394 g/mol. The quantitative estimate of drug-likeness (QED) is 0.733. The normalized spacial score (nSPS) is 23.6. The fraction of sp³-hybridized carbons (Fsp3) is 0.500. The molecule has 152 valence electrons. The smallest absolute Gasteiger partial charge is 0.270 e. The first kappa shape index (κ1) is 18.4. The van der Waals surface area contributed by atoms with E-state index in [0.717, 1.165) is 56.3 Å². The van der Waals surface area contributed by atoms with Crippen molar-refractivity contribution in [3.63, 3.8) is 0 Å². The van der Waals surface area contributed by atoms with Crippen molar-refractivity contribution in [2.45, 2.75) is 43.9 Å². The molecule has 0 saturated carbocycles. The van der Waals surface area contributed by atoms with Crippen LogP contribution in [0.2, 0.25) is 0 Å². The van der Waals surface area contributed by atoms with E-state index in [9.17, 15) is 4.79 Å². The summed E-state index contributed by atoms with van der Waals surface area (Å²) in [6, 6.07) is 9.89. The van der Waals surface area contributed by atoms with Crippen LogP contribution in [-0.2, 0) is 10.2 Å². The van der Waals surface area contributed by atoms with Gasteiger partial charge >= 0.3 is 0 Å². The molecule has 29 heavy (non-hydrogen) atoms. The van der Waals surface area contributed by atoms with Crippen LogP contribution in [0.1, 0.15) is 60.7 Å². The lowest BCUT2D eigenvalue weighted by atomic mass is 9.81. The fourth-order valence-corrected chi connectivity index (χ4v) is 4.54. The van der Waals surface area contributed by atoms with E-state index in [2.05, 4.69) is 17.1 Å². The number of aromatic amines is 1. The SMILES string of the molecule is CC1(c2noc(C3CCOCC3)n2)CCCN(C(=O)c2cc3ccccc3[nH]2)C1. The van der Waals surface area contributed by atoms with Gasteiger partial charge in [0.1, 0.15) is 5.69 Å². The van der Waals surface area contributed by atoms with E-state index in [1.165, 1.54) is 0 Å². The van der Waals surface area contributed by atoms with Crippen LogP contribution in [0.3, 0.4) is 0 Å². The fourth-order valence-electron chi connectivity index (χ4n) is 4.54. The number of carbonyl (C=O) groups excluding carboxylic acids is 1. The van der Waals surface area contributed by atoms with Crippen molar-refractivity contribution in [1.82, 2.24) is 20.0 Å². The molecular formula is C22H26N4O3. The predicted molar refractivity (Wildman–Crippen MR) is 108 cm³/mol. The number of benzene rings is 1. The molecule has 1 aromatic carbocycles. The monoisotopic (exact) mass is 394 g/mol. The topological polar surface area (TPSA) is 84.2 Å². The van der Waals surface area contributed by atoms with Crippen molar-refractivity contribution in [3.05, 3.63) is 47.7 Å². The summed E-state index contributed by atoms with van der Waals surface area (Å²) in [6.45, 7) is 4.96. The minimum Gasteiger partial charge on any atom is -0.381 e. The number of rotatable bonds is 3. The number of piperidine rings is 1. The summed E-state index contributed by atoms with van der Waals surface area (Å²) < 4.78 is 11.0. The van der Waals surface area contributed by atoms with Crippen LogP contribution in [0.5, 0.6) is 0 Å². The Hall–Kier alpha value is -2.67. The Bertz CT molecular complexity index is 987. The molecule has 1 amide bonds. The first-order valence-electron chi connectivity index (χ1n) is 10.4. The van der Waals surface area contributed by atoms with E-state index >= 15 is 0 Å². The van der Waals surface area contributed by atoms with Crippen molar-refractivity contribution < 1.29 is 14.1 Å². The molecule has 0 spiro atoms. The van der Waals surface area contributed by atoms with Gasteiger partial charge in [-0.15, -0.1) is 0 Å². The number of nitrogens with zero attached hydrogens (tertiary/aromatic N) is 3. The standard InChI is InChI=1S/C22H26N4O3/c1-22(21-24-19(29-25-21)15-7-11-28-12-8-15)9-4-10-26(14-22)20(27)18-13-16-5-2-3-6-17(16)23-18/h2-3,5-6,13,15,23H,4,7-12,14H2,1H3. The number of amides is 1. The molecule has 5 rings (SSSR count). The van der Waals surface area contributed by atoms with Gasteiger partial charge in [0, 0.05) is 48.5 Å². The van der Waals surface area contributed by atoms with Gasteiger partial charge in [-0.05, 0) is 37.8 Å². The summed E-state index contributed by atoms with van der Waals surface area (Å²) in [5.41, 5.74) is 1.31. The van der Waals surface area contributed by atoms with Crippen molar-refractivity contribution in [1.29, 1.82) is 0 Å². The van der Waals surface area contributed by atoms with Crippen LogP contribution < -0.4 is 0 Å². The highest BCUT2D eigenvalue weighted by Crippen LogP contribution is 2.34. The molecule has 0 aliphatic carbocycles. The predicted octanol–water partition coefficient (Wildman–Crippen LogP) is 3.64. The second kappa shape index (κ2) is 7.30. The number of hydrogen-bond donors (Lipinski definition) is 1.